The van der Waals surface area contributed by atoms with Crippen molar-refractivity contribution in [3.05, 3.63) is 0 Å². The van der Waals surface area contributed by atoms with Gasteiger partial charge in [0.25, 0.3) is 5.12 Å². The summed E-state index contributed by atoms with van der Waals surface area (Å²) in [6, 6.07) is 0. The van der Waals surface area contributed by atoms with Gasteiger partial charge in [-0.2, -0.15) is 0 Å². The minimum atomic E-state index is -1.01. The summed E-state index contributed by atoms with van der Waals surface area (Å²) in [5.74, 6) is 3.97. The van der Waals surface area contributed by atoms with E-state index in [4.69, 9.17) is 5.11 Å². The van der Waals surface area contributed by atoms with Crippen molar-refractivity contribution in [1.29, 1.82) is 0 Å². The number of aliphatic carboxylic acids is 1. The van der Waals surface area contributed by atoms with Crippen molar-refractivity contribution < 1.29 is 14.7 Å². The van der Waals surface area contributed by atoms with Gasteiger partial charge in [0.1, 0.15) is 0 Å². The maximum absolute atomic E-state index is 11.1. The van der Waals surface area contributed by atoms with Gasteiger partial charge in [-0.3, -0.25) is 14.5 Å². The van der Waals surface area contributed by atoms with Crippen LogP contribution in [0.1, 0.15) is 13.8 Å². The molecule has 1 N–H and O–H groups in total. The van der Waals surface area contributed by atoms with Crippen molar-refractivity contribution in [2.24, 2.45) is 0 Å². The molecule has 5 heteroatoms. The Morgan fingerprint density at radius 1 is 1.40 bits per heavy atom. The van der Waals surface area contributed by atoms with E-state index in [0.717, 1.165) is 0 Å². The third-order valence-corrected chi connectivity index (χ3v) is 2.67. The maximum atomic E-state index is 11.1. The molecule has 0 aromatic rings. The van der Waals surface area contributed by atoms with E-state index in [2.05, 4.69) is 11.8 Å². The number of carboxylic acids is 1. The quantitative estimate of drug-likeness (QED) is 0.721. The molecule has 0 atom stereocenters. The second-order valence-electron chi connectivity index (χ2n) is 3.67. The molecule has 0 amide bonds. The van der Waals surface area contributed by atoms with Crippen LogP contribution in [-0.2, 0) is 9.59 Å². The van der Waals surface area contributed by atoms with Gasteiger partial charge < -0.3 is 5.11 Å². The van der Waals surface area contributed by atoms with E-state index in [1.54, 1.807) is 0 Å². The molecule has 15 heavy (non-hydrogen) atoms. The highest BCUT2D eigenvalue weighted by Crippen LogP contribution is 2.08. The first kappa shape index (κ1) is 14.0. The number of carbonyl (C=O) groups is 2. The number of hydrogen-bond acceptors (Lipinski definition) is 4. The molecule has 0 saturated carbocycles. The summed E-state index contributed by atoms with van der Waals surface area (Å²) in [7, 11) is 3.73. The molecular formula is C10H15NO3S. The number of carboxylic acid groups (broad SMARTS) is 1. The number of carbonyl (C=O) groups excluding carboxylic acids is 1. The molecule has 0 aliphatic rings. The van der Waals surface area contributed by atoms with Crippen LogP contribution in [0.25, 0.3) is 0 Å². The van der Waals surface area contributed by atoms with Crippen molar-refractivity contribution >= 4 is 22.8 Å². The second kappa shape index (κ2) is 5.79. The van der Waals surface area contributed by atoms with Gasteiger partial charge in [-0.1, -0.05) is 17.7 Å². The Kier molecular flexibility index (Phi) is 5.40. The average molecular weight is 229 g/mol. The van der Waals surface area contributed by atoms with Crippen LogP contribution >= 0.6 is 11.8 Å². The smallest absolute Gasteiger partial charge is 0.313 e. The Morgan fingerprint density at radius 3 is 2.33 bits per heavy atom. The monoisotopic (exact) mass is 229 g/mol. The molecule has 0 aliphatic heterocycles. The summed E-state index contributed by atoms with van der Waals surface area (Å²) < 4.78 is 0. The Morgan fingerprint density at radius 2 is 1.93 bits per heavy atom. The summed E-state index contributed by atoms with van der Waals surface area (Å²) in [6.07, 6.45) is 0. The van der Waals surface area contributed by atoms with E-state index >= 15 is 0 Å². The van der Waals surface area contributed by atoms with Crippen molar-refractivity contribution in [3.63, 3.8) is 0 Å². The summed E-state index contributed by atoms with van der Waals surface area (Å²) in [4.78, 5) is 23.2. The first-order valence-corrected chi connectivity index (χ1v) is 5.33. The lowest BCUT2D eigenvalue weighted by Crippen LogP contribution is -2.36. The van der Waals surface area contributed by atoms with Gasteiger partial charge >= 0.3 is 5.97 Å². The van der Waals surface area contributed by atoms with Crippen LogP contribution in [0.3, 0.4) is 0 Å². The standard InChI is InChI=1S/C10H15NO3S/c1-10(2,11(3)4)6-5-9(14)15-7-8(12)13/h7H2,1-4H3,(H,12,13). The molecule has 4 nitrogen and oxygen atoms in total. The predicted octanol–water partition coefficient (Wildman–Crippen LogP) is 0.674. The summed E-state index contributed by atoms with van der Waals surface area (Å²) in [6.45, 7) is 3.77. The van der Waals surface area contributed by atoms with Gasteiger partial charge in [-0.15, -0.1) is 0 Å². The highest BCUT2D eigenvalue weighted by Gasteiger charge is 2.16. The summed E-state index contributed by atoms with van der Waals surface area (Å²) in [5.41, 5.74) is -0.389. The van der Waals surface area contributed by atoms with Crippen LogP contribution in [0.5, 0.6) is 0 Å². The zero-order valence-electron chi connectivity index (χ0n) is 9.33. The number of rotatable bonds is 3. The number of nitrogens with zero attached hydrogens (tertiary/aromatic N) is 1. The zero-order chi connectivity index (χ0) is 12.1. The van der Waals surface area contributed by atoms with E-state index < -0.39 is 11.1 Å². The molecule has 0 aromatic heterocycles. The van der Waals surface area contributed by atoms with Crippen LogP contribution in [0.2, 0.25) is 0 Å². The fraction of sp³-hybridized carbons (Fsp3) is 0.600. The topological polar surface area (TPSA) is 57.6 Å². The third kappa shape index (κ3) is 6.15. The molecule has 0 spiro atoms. The molecule has 0 rings (SSSR count). The van der Waals surface area contributed by atoms with Gasteiger partial charge in [-0.25, -0.2) is 0 Å². The van der Waals surface area contributed by atoms with Crippen molar-refractivity contribution in [2.45, 2.75) is 19.4 Å². The zero-order valence-corrected chi connectivity index (χ0v) is 10.1. The molecule has 0 unspecified atom stereocenters. The maximum Gasteiger partial charge on any atom is 0.313 e. The van der Waals surface area contributed by atoms with E-state index in [-0.39, 0.29) is 11.3 Å². The van der Waals surface area contributed by atoms with Gasteiger partial charge in [0, 0.05) is 0 Å². The molecule has 0 aromatic carbocycles. The lowest BCUT2D eigenvalue weighted by molar-refractivity contribution is -0.134. The highest BCUT2D eigenvalue weighted by atomic mass is 32.2. The van der Waals surface area contributed by atoms with Crippen LogP contribution in [0.15, 0.2) is 0 Å². The highest BCUT2D eigenvalue weighted by molar-refractivity contribution is 8.14. The molecule has 0 fully saturated rings. The third-order valence-electron chi connectivity index (χ3n) is 1.92. The fourth-order valence-corrected chi connectivity index (χ4v) is 0.857. The molecule has 0 radical (unpaired) electrons. The Labute approximate surface area is 94.0 Å². The first-order chi connectivity index (χ1) is 6.75. The summed E-state index contributed by atoms with van der Waals surface area (Å²) >= 11 is 0.706. The molecule has 0 aliphatic carbocycles. The number of thioether (sulfide) groups is 1. The van der Waals surface area contributed by atoms with Crippen LogP contribution in [-0.4, -0.2) is 46.5 Å². The Hall–Kier alpha value is -0.990. The van der Waals surface area contributed by atoms with Gasteiger partial charge in [0.2, 0.25) is 0 Å². The first-order valence-electron chi connectivity index (χ1n) is 4.35. The van der Waals surface area contributed by atoms with Gasteiger partial charge in [0.05, 0.1) is 11.3 Å². The average Bonchev–Trinajstić information content (AvgIpc) is 2.11. The molecule has 0 heterocycles. The Bertz CT molecular complexity index is 312. The molecule has 0 bridgehead atoms. The Balaban J connectivity index is 4.28. The van der Waals surface area contributed by atoms with Crippen LogP contribution in [0.4, 0.5) is 0 Å². The van der Waals surface area contributed by atoms with Crippen molar-refractivity contribution in [2.75, 3.05) is 19.8 Å². The predicted molar refractivity (Wildman–Crippen MR) is 60.6 cm³/mol. The van der Waals surface area contributed by atoms with Gasteiger partial charge in [0.15, 0.2) is 0 Å². The fourth-order valence-electron chi connectivity index (χ4n) is 0.479. The minimum absolute atomic E-state index is 0.240. The normalized spacial score (nSPS) is 10.7. The lowest BCUT2D eigenvalue weighted by atomic mass is 10.1. The van der Waals surface area contributed by atoms with E-state index in [1.807, 2.05) is 32.8 Å². The minimum Gasteiger partial charge on any atom is -0.481 e. The van der Waals surface area contributed by atoms with E-state index in [1.165, 1.54) is 0 Å². The number of hydrogen-bond donors (Lipinski definition) is 1. The van der Waals surface area contributed by atoms with E-state index in [0.29, 0.717) is 11.8 Å². The van der Waals surface area contributed by atoms with Crippen molar-refractivity contribution in [3.8, 4) is 11.8 Å². The molecule has 0 saturated heterocycles. The SMILES string of the molecule is CN(C)C(C)(C)C#CC(=O)SCC(=O)O. The molecule has 84 valence electrons. The second-order valence-corrected chi connectivity index (χ2v) is 4.62. The largest absolute Gasteiger partial charge is 0.481 e. The van der Waals surface area contributed by atoms with Crippen LogP contribution in [0, 0.1) is 11.8 Å². The lowest BCUT2D eigenvalue weighted by Gasteiger charge is -2.26. The van der Waals surface area contributed by atoms with Gasteiger partial charge in [-0.05, 0) is 33.9 Å². The van der Waals surface area contributed by atoms with Crippen molar-refractivity contribution in [1.82, 2.24) is 4.90 Å². The summed E-state index contributed by atoms with van der Waals surface area (Å²) in [5, 5.41) is 7.94. The van der Waals surface area contributed by atoms with E-state index in [9.17, 15) is 9.59 Å². The van der Waals surface area contributed by atoms with Crippen LogP contribution < -0.4 is 0 Å². The molecular weight excluding hydrogens is 214 g/mol.